The molecule has 2 heterocycles. The second kappa shape index (κ2) is 9.19. The van der Waals surface area contributed by atoms with Crippen molar-refractivity contribution < 1.29 is 14.2 Å². The molecule has 2 aliphatic heterocycles. The molecule has 4 atom stereocenters. The van der Waals surface area contributed by atoms with Crippen LogP contribution in [0.15, 0.2) is 57.5 Å². The summed E-state index contributed by atoms with van der Waals surface area (Å²) in [5.41, 5.74) is 2.53. The summed E-state index contributed by atoms with van der Waals surface area (Å²) in [4.78, 5) is 0. The molecule has 2 aromatic rings. The molecular weight excluding hydrogens is 472 g/mol. The van der Waals surface area contributed by atoms with Crippen molar-refractivity contribution in [1.82, 2.24) is 0 Å². The molecule has 4 rings (SSSR count). The SMILES string of the molecule is Brc1ccc(C2CCCOC2OC2OCCCC2c2ccc(Br)cc2)cc1. The summed E-state index contributed by atoms with van der Waals surface area (Å²) >= 11 is 7.03. The second-order valence-corrected chi connectivity index (χ2v) is 9.05. The predicted octanol–water partition coefficient (Wildman–Crippen LogP) is 6.37. The molecule has 5 heteroatoms. The molecule has 0 aromatic heterocycles. The zero-order chi connectivity index (χ0) is 18.6. The number of halogens is 2. The largest absolute Gasteiger partial charge is 0.352 e. The first-order chi connectivity index (χ1) is 13.2. The highest BCUT2D eigenvalue weighted by Crippen LogP contribution is 2.38. The molecule has 3 nitrogen and oxygen atoms in total. The molecular formula is C22H24Br2O3. The van der Waals surface area contributed by atoms with Crippen LogP contribution in [0.2, 0.25) is 0 Å². The summed E-state index contributed by atoms with van der Waals surface area (Å²) in [7, 11) is 0. The van der Waals surface area contributed by atoms with Gasteiger partial charge in [0.2, 0.25) is 0 Å². The van der Waals surface area contributed by atoms with Gasteiger partial charge in [-0.2, -0.15) is 0 Å². The van der Waals surface area contributed by atoms with E-state index in [0.717, 1.165) is 47.8 Å². The third-order valence-electron chi connectivity index (χ3n) is 5.40. The van der Waals surface area contributed by atoms with E-state index < -0.39 is 0 Å². The quantitative estimate of drug-likeness (QED) is 0.493. The van der Waals surface area contributed by atoms with Crippen molar-refractivity contribution in [2.45, 2.75) is 50.1 Å². The van der Waals surface area contributed by atoms with Crippen molar-refractivity contribution in [1.29, 1.82) is 0 Å². The van der Waals surface area contributed by atoms with Gasteiger partial charge in [0, 0.05) is 34.0 Å². The standard InChI is InChI=1S/C22H24Br2O3/c23-17-9-5-15(6-10-17)19-3-1-13-25-21(19)27-22-20(4-2-14-26-22)16-7-11-18(24)12-8-16/h5-12,19-22H,1-4,13-14H2. The lowest BCUT2D eigenvalue weighted by Crippen LogP contribution is -2.39. The average molecular weight is 496 g/mol. The Morgan fingerprint density at radius 2 is 1.07 bits per heavy atom. The van der Waals surface area contributed by atoms with Crippen LogP contribution in [-0.4, -0.2) is 25.8 Å². The Hall–Kier alpha value is -0.720. The fraction of sp³-hybridized carbons (Fsp3) is 0.455. The van der Waals surface area contributed by atoms with Gasteiger partial charge in [0.1, 0.15) is 0 Å². The topological polar surface area (TPSA) is 27.7 Å². The van der Waals surface area contributed by atoms with Gasteiger partial charge >= 0.3 is 0 Å². The van der Waals surface area contributed by atoms with Gasteiger partial charge in [-0.05, 0) is 61.1 Å². The Kier molecular flexibility index (Phi) is 6.66. The molecule has 2 aromatic carbocycles. The molecule has 144 valence electrons. The Labute approximate surface area is 177 Å². The lowest BCUT2D eigenvalue weighted by Gasteiger charge is -2.38. The molecule has 0 saturated carbocycles. The van der Waals surface area contributed by atoms with Crippen LogP contribution in [-0.2, 0) is 14.2 Å². The fourth-order valence-electron chi connectivity index (χ4n) is 3.98. The first kappa shape index (κ1) is 19.6. The van der Waals surface area contributed by atoms with E-state index in [1.165, 1.54) is 11.1 Å². The molecule has 0 amide bonds. The first-order valence-corrected chi connectivity index (χ1v) is 11.2. The monoisotopic (exact) mass is 494 g/mol. The van der Waals surface area contributed by atoms with E-state index in [1.54, 1.807) is 0 Å². The number of ether oxygens (including phenoxy) is 3. The summed E-state index contributed by atoms with van der Waals surface area (Å²) in [6.45, 7) is 1.49. The Morgan fingerprint density at radius 3 is 1.48 bits per heavy atom. The lowest BCUT2D eigenvalue weighted by molar-refractivity contribution is -0.277. The Balaban J connectivity index is 1.52. The number of hydrogen-bond acceptors (Lipinski definition) is 3. The summed E-state index contributed by atoms with van der Waals surface area (Å²) in [6, 6.07) is 17.0. The molecule has 0 spiro atoms. The van der Waals surface area contributed by atoms with E-state index in [2.05, 4.69) is 80.4 Å². The van der Waals surface area contributed by atoms with E-state index in [0.29, 0.717) is 0 Å². The van der Waals surface area contributed by atoms with Gasteiger partial charge in [0.25, 0.3) is 0 Å². The molecule has 0 N–H and O–H groups in total. The third-order valence-corrected chi connectivity index (χ3v) is 6.46. The van der Waals surface area contributed by atoms with Crippen LogP contribution in [0.25, 0.3) is 0 Å². The molecule has 2 saturated heterocycles. The molecule has 2 aliphatic rings. The predicted molar refractivity (Wildman–Crippen MR) is 113 cm³/mol. The van der Waals surface area contributed by atoms with Crippen LogP contribution in [0.5, 0.6) is 0 Å². The highest BCUT2D eigenvalue weighted by Gasteiger charge is 2.35. The van der Waals surface area contributed by atoms with Crippen molar-refractivity contribution in [3.8, 4) is 0 Å². The first-order valence-electron chi connectivity index (χ1n) is 9.60. The van der Waals surface area contributed by atoms with Crippen LogP contribution in [0, 0.1) is 0 Å². The zero-order valence-corrected chi connectivity index (χ0v) is 18.3. The molecule has 0 aliphatic carbocycles. The summed E-state index contributed by atoms with van der Waals surface area (Å²) in [6.07, 6.45) is 3.73. The van der Waals surface area contributed by atoms with Crippen molar-refractivity contribution >= 4 is 31.9 Å². The maximum atomic E-state index is 6.46. The minimum Gasteiger partial charge on any atom is -0.352 e. The van der Waals surface area contributed by atoms with Gasteiger partial charge in [-0.1, -0.05) is 56.1 Å². The normalized spacial score (nSPS) is 28.8. The second-order valence-electron chi connectivity index (χ2n) is 7.21. The van der Waals surface area contributed by atoms with Crippen molar-refractivity contribution in [3.63, 3.8) is 0 Å². The Morgan fingerprint density at radius 1 is 0.667 bits per heavy atom. The fourth-order valence-corrected chi connectivity index (χ4v) is 4.51. The van der Waals surface area contributed by atoms with E-state index in [-0.39, 0.29) is 24.4 Å². The number of benzene rings is 2. The van der Waals surface area contributed by atoms with Gasteiger partial charge in [-0.15, -0.1) is 0 Å². The highest BCUT2D eigenvalue weighted by atomic mass is 79.9. The maximum absolute atomic E-state index is 6.46. The van der Waals surface area contributed by atoms with Crippen molar-refractivity contribution in [2.24, 2.45) is 0 Å². The zero-order valence-electron chi connectivity index (χ0n) is 15.2. The molecule has 0 bridgehead atoms. The van der Waals surface area contributed by atoms with Crippen LogP contribution < -0.4 is 0 Å². The smallest absolute Gasteiger partial charge is 0.167 e. The van der Waals surface area contributed by atoms with Gasteiger partial charge in [-0.3, -0.25) is 0 Å². The van der Waals surface area contributed by atoms with Crippen molar-refractivity contribution in [3.05, 3.63) is 68.6 Å². The van der Waals surface area contributed by atoms with E-state index >= 15 is 0 Å². The van der Waals surface area contributed by atoms with Gasteiger partial charge in [0.15, 0.2) is 12.6 Å². The third kappa shape index (κ3) is 4.83. The summed E-state index contributed by atoms with van der Waals surface area (Å²) in [5, 5.41) is 0. The van der Waals surface area contributed by atoms with Gasteiger partial charge < -0.3 is 14.2 Å². The summed E-state index contributed by atoms with van der Waals surface area (Å²) < 4.78 is 20.8. The van der Waals surface area contributed by atoms with Gasteiger partial charge in [0.05, 0.1) is 0 Å². The van der Waals surface area contributed by atoms with Crippen LogP contribution in [0.4, 0.5) is 0 Å². The Bertz CT molecular complexity index is 669. The molecule has 2 fully saturated rings. The van der Waals surface area contributed by atoms with Crippen LogP contribution >= 0.6 is 31.9 Å². The minimum atomic E-state index is -0.263. The minimum absolute atomic E-state index is 0.239. The lowest BCUT2D eigenvalue weighted by atomic mass is 9.90. The summed E-state index contributed by atoms with van der Waals surface area (Å²) in [5.74, 6) is 0.478. The number of rotatable bonds is 4. The highest BCUT2D eigenvalue weighted by molar-refractivity contribution is 9.10. The maximum Gasteiger partial charge on any atom is 0.167 e. The van der Waals surface area contributed by atoms with Crippen LogP contribution in [0.1, 0.15) is 48.6 Å². The molecule has 27 heavy (non-hydrogen) atoms. The molecule has 0 radical (unpaired) electrons. The van der Waals surface area contributed by atoms with E-state index in [1.807, 2.05) is 0 Å². The molecule has 4 unspecified atom stereocenters. The van der Waals surface area contributed by atoms with Crippen molar-refractivity contribution in [2.75, 3.05) is 13.2 Å². The van der Waals surface area contributed by atoms with E-state index in [9.17, 15) is 0 Å². The van der Waals surface area contributed by atoms with E-state index in [4.69, 9.17) is 14.2 Å². The van der Waals surface area contributed by atoms with Crippen LogP contribution in [0.3, 0.4) is 0 Å². The van der Waals surface area contributed by atoms with Gasteiger partial charge in [-0.25, -0.2) is 0 Å². The number of hydrogen-bond donors (Lipinski definition) is 0. The average Bonchev–Trinajstić information content (AvgIpc) is 2.70.